The molecule has 1 atom stereocenters. The van der Waals surface area contributed by atoms with Gasteiger partial charge in [0.1, 0.15) is 0 Å². The lowest BCUT2D eigenvalue weighted by molar-refractivity contribution is 0.272. The van der Waals surface area contributed by atoms with E-state index in [0.717, 1.165) is 29.7 Å². The molecular formula is C25H29N3O2S. The third-order valence-corrected chi connectivity index (χ3v) is 7.44. The number of likely N-dealkylation sites (tertiary alicyclic amines) is 1. The summed E-state index contributed by atoms with van der Waals surface area (Å²) in [6.07, 6.45) is 7.00. The van der Waals surface area contributed by atoms with E-state index in [1.165, 1.54) is 24.9 Å². The SMILES string of the molecule is CC1CCCN1CCc1ccc(-c2ccc(S(=O)(=O)NCc3cccnc3)cc2)cc1. The highest BCUT2D eigenvalue weighted by molar-refractivity contribution is 7.89. The van der Waals surface area contributed by atoms with E-state index < -0.39 is 10.0 Å². The largest absolute Gasteiger partial charge is 0.300 e. The van der Waals surface area contributed by atoms with Crippen LogP contribution in [0.4, 0.5) is 0 Å². The fourth-order valence-electron chi connectivity index (χ4n) is 4.05. The average molecular weight is 436 g/mol. The number of nitrogens with one attached hydrogen (secondary N) is 1. The molecule has 1 unspecified atom stereocenters. The van der Waals surface area contributed by atoms with Gasteiger partial charge < -0.3 is 4.90 Å². The summed E-state index contributed by atoms with van der Waals surface area (Å²) in [7, 11) is -3.57. The first-order chi connectivity index (χ1) is 15.0. The molecule has 162 valence electrons. The monoisotopic (exact) mass is 435 g/mol. The molecule has 1 fully saturated rings. The standard InChI is InChI=1S/C25H29N3O2S/c1-20-4-3-16-28(20)17-14-21-6-8-23(9-7-21)24-10-12-25(13-11-24)31(29,30)27-19-22-5-2-15-26-18-22/h2,5-13,15,18,20,27H,3-4,14,16-17,19H2,1H3. The molecule has 1 saturated heterocycles. The third kappa shape index (κ3) is 5.58. The van der Waals surface area contributed by atoms with Crippen molar-refractivity contribution < 1.29 is 8.42 Å². The Labute approximate surface area is 185 Å². The number of benzene rings is 2. The van der Waals surface area contributed by atoms with Gasteiger partial charge in [0.15, 0.2) is 0 Å². The van der Waals surface area contributed by atoms with Gasteiger partial charge in [-0.25, -0.2) is 13.1 Å². The number of pyridine rings is 1. The van der Waals surface area contributed by atoms with Crippen LogP contribution in [0.2, 0.25) is 0 Å². The Balaban J connectivity index is 1.37. The van der Waals surface area contributed by atoms with Gasteiger partial charge in [0.2, 0.25) is 10.0 Å². The van der Waals surface area contributed by atoms with Crippen molar-refractivity contribution in [3.63, 3.8) is 0 Å². The first-order valence-corrected chi connectivity index (χ1v) is 12.3. The van der Waals surface area contributed by atoms with Gasteiger partial charge in [0.05, 0.1) is 4.90 Å². The van der Waals surface area contributed by atoms with E-state index in [-0.39, 0.29) is 11.4 Å². The second kappa shape index (κ2) is 9.73. The van der Waals surface area contributed by atoms with Crippen LogP contribution in [0.1, 0.15) is 30.9 Å². The number of hydrogen-bond donors (Lipinski definition) is 1. The molecule has 4 rings (SSSR count). The summed E-state index contributed by atoms with van der Waals surface area (Å²) in [4.78, 5) is 6.83. The molecule has 2 heterocycles. The molecule has 0 amide bonds. The van der Waals surface area contributed by atoms with Crippen molar-refractivity contribution in [2.45, 2.75) is 43.7 Å². The first kappa shape index (κ1) is 21.7. The summed E-state index contributed by atoms with van der Waals surface area (Å²) >= 11 is 0. The summed E-state index contributed by atoms with van der Waals surface area (Å²) in [5.74, 6) is 0. The molecule has 5 nitrogen and oxygen atoms in total. The highest BCUT2D eigenvalue weighted by atomic mass is 32.2. The molecule has 3 aromatic rings. The van der Waals surface area contributed by atoms with E-state index in [9.17, 15) is 8.42 Å². The Hall–Kier alpha value is -2.54. The second-order valence-corrected chi connectivity index (χ2v) is 9.95. The van der Waals surface area contributed by atoms with Crippen LogP contribution in [0.5, 0.6) is 0 Å². The van der Waals surface area contributed by atoms with Crippen LogP contribution in [0, 0.1) is 0 Å². The molecule has 1 aromatic heterocycles. The van der Waals surface area contributed by atoms with Crippen LogP contribution >= 0.6 is 0 Å². The Morgan fingerprint density at radius 3 is 2.32 bits per heavy atom. The van der Waals surface area contributed by atoms with E-state index >= 15 is 0 Å². The highest BCUT2D eigenvalue weighted by Crippen LogP contribution is 2.23. The van der Waals surface area contributed by atoms with Crippen LogP contribution in [0.15, 0.2) is 78.0 Å². The molecular weight excluding hydrogens is 406 g/mol. The quantitative estimate of drug-likeness (QED) is 0.574. The minimum atomic E-state index is -3.57. The van der Waals surface area contributed by atoms with Gasteiger partial charge in [-0.3, -0.25) is 4.98 Å². The van der Waals surface area contributed by atoms with E-state index in [1.807, 2.05) is 18.2 Å². The van der Waals surface area contributed by atoms with Crippen molar-refractivity contribution >= 4 is 10.0 Å². The number of aromatic nitrogens is 1. The smallest absolute Gasteiger partial charge is 0.240 e. The molecule has 6 heteroatoms. The van der Waals surface area contributed by atoms with Crippen molar-refractivity contribution in [1.29, 1.82) is 0 Å². The number of rotatable bonds is 8. The van der Waals surface area contributed by atoms with Gasteiger partial charge >= 0.3 is 0 Å². The minimum Gasteiger partial charge on any atom is -0.300 e. The normalized spacial score (nSPS) is 17.1. The Morgan fingerprint density at radius 1 is 1.00 bits per heavy atom. The number of sulfonamides is 1. The van der Waals surface area contributed by atoms with E-state index in [2.05, 4.69) is 45.8 Å². The molecule has 1 N–H and O–H groups in total. The molecule has 0 bridgehead atoms. The van der Waals surface area contributed by atoms with Crippen LogP contribution in [0.3, 0.4) is 0 Å². The zero-order valence-corrected chi connectivity index (χ0v) is 18.7. The third-order valence-electron chi connectivity index (χ3n) is 6.02. The summed E-state index contributed by atoms with van der Waals surface area (Å²) in [5, 5.41) is 0. The van der Waals surface area contributed by atoms with E-state index in [0.29, 0.717) is 6.04 Å². The fraction of sp³-hybridized carbons (Fsp3) is 0.320. The number of nitrogens with zero attached hydrogens (tertiary/aromatic N) is 2. The first-order valence-electron chi connectivity index (χ1n) is 10.8. The lowest BCUT2D eigenvalue weighted by Gasteiger charge is -2.20. The van der Waals surface area contributed by atoms with Crippen LogP contribution in [0.25, 0.3) is 11.1 Å². The van der Waals surface area contributed by atoms with E-state index in [1.54, 1.807) is 30.6 Å². The Morgan fingerprint density at radius 2 is 1.71 bits per heavy atom. The highest BCUT2D eigenvalue weighted by Gasteiger charge is 2.19. The van der Waals surface area contributed by atoms with Gasteiger partial charge in [0, 0.05) is 31.5 Å². The summed E-state index contributed by atoms with van der Waals surface area (Å²) in [6.45, 7) is 4.86. The maximum absolute atomic E-state index is 12.6. The summed E-state index contributed by atoms with van der Waals surface area (Å²) in [6, 6.07) is 20.0. The zero-order valence-electron chi connectivity index (χ0n) is 17.9. The van der Waals surface area contributed by atoms with Crippen LogP contribution < -0.4 is 4.72 Å². The van der Waals surface area contributed by atoms with Gasteiger partial charge in [-0.15, -0.1) is 0 Å². The summed E-state index contributed by atoms with van der Waals surface area (Å²) < 4.78 is 27.8. The predicted octanol–water partition coefficient (Wildman–Crippen LogP) is 4.25. The van der Waals surface area contributed by atoms with Crippen LogP contribution in [-0.2, 0) is 23.0 Å². The molecule has 0 radical (unpaired) electrons. The van der Waals surface area contributed by atoms with Crippen molar-refractivity contribution in [1.82, 2.24) is 14.6 Å². The van der Waals surface area contributed by atoms with E-state index in [4.69, 9.17) is 0 Å². The average Bonchev–Trinajstić information content (AvgIpc) is 3.22. The second-order valence-electron chi connectivity index (χ2n) is 8.18. The van der Waals surface area contributed by atoms with Gasteiger partial charge in [0.25, 0.3) is 0 Å². The summed E-state index contributed by atoms with van der Waals surface area (Å²) in [5.41, 5.74) is 4.25. The minimum absolute atomic E-state index is 0.218. The van der Waals surface area contributed by atoms with Gasteiger partial charge in [-0.2, -0.15) is 0 Å². The molecule has 0 spiro atoms. The lowest BCUT2D eigenvalue weighted by atomic mass is 10.0. The van der Waals surface area contributed by atoms with Crippen LogP contribution in [-0.4, -0.2) is 37.4 Å². The fourth-order valence-corrected chi connectivity index (χ4v) is 5.07. The molecule has 0 saturated carbocycles. The Kier molecular flexibility index (Phi) is 6.80. The molecule has 1 aliphatic rings. The molecule has 31 heavy (non-hydrogen) atoms. The Bertz CT molecular complexity index is 1080. The van der Waals surface area contributed by atoms with Crippen molar-refractivity contribution in [2.24, 2.45) is 0 Å². The van der Waals surface area contributed by atoms with Crippen molar-refractivity contribution in [3.8, 4) is 11.1 Å². The maximum Gasteiger partial charge on any atom is 0.240 e. The topological polar surface area (TPSA) is 62.3 Å². The maximum atomic E-state index is 12.6. The molecule has 2 aromatic carbocycles. The predicted molar refractivity (Wildman–Crippen MR) is 124 cm³/mol. The lowest BCUT2D eigenvalue weighted by Crippen LogP contribution is -2.28. The van der Waals surface area contributed by atoms with Gasteiger partial charge in [-0.05, 0) is 73.2 Å². The van der Waals surface area contributed by atoms with Crippen molar-refractivity contribution in [2.75, 3.05) is 13.1 Å². The van der Waals surface area contributed by atoms with Crippen molar-refractivity contribution in [3.05, 3.63) is 84.2 Å². The zero-order chi connectivity index (χ0) is 21.7. The van der Waals surface area contributed by atoms with Gasteiger partial charge in [-0.1, -0.05) is 42.5 Å². The number of hydrogen-bond acceptors (Lipinski definition) is 4. The molecule has 0 aliphatic carbocycles. The molecule has 1 aliphatic heterocycles.